The highest BCUT2D eigenvalue weighted by atomic mass is 32.1. The maximum atomic E-state index is 13.2. The standard InChI is InChI=1S/C22H16N4O4S/c1-29-14-9-7-13(8-10-14)26-20(27)15-11-25(12-16(19(15)24-26)21(28)30-2)22-23-17-5-3-4-6-18(17)31-22/h3-12H,1-2H3. The summed E-state index contributed by atoms with van der Waals surface area (Å²) in [6, 6.07) is 14.7. The van der Waals surface area contributed by atoms with E-state index in [1.54, 1.807) is 48.3 Å². The quantitative estimate of drug-likeness (QED) is 0.404. The van der Waals surface area contributed by atoms with E-state index in [4.69, 9.17) is 9.47 Å². The summed E-state index contributed by atoms with van der Waals surface area (Å²) >= 11 is 1.46. The molecule has 0 bridgehead atoms. The molecule has 0 aliphatic carbocycles. The monoisotopic (exact) mass is 432 g/mol. The Bertz CT molecular complexity index is 1420. The fourth-order valence-corrected chi connectivity index (χ4v) is 4.26. The number of esters is 1. The van der Waals surface area contributed by atoms with Gasteiger partial charge in [-0.05, 0) is 36.4 Å². The van der Waals surface area contributed by atoms with Crippen molar-refractivity contribution in [1.29, 1.82) is 0 Å². The molecule has 154 valence electrons. The van der Waals surface area contributed by atoms with Crippen molar-refractivity contribution < 1.29 is 14.3 Å². The zero-order valence-electron chi connectivity index (χ0n) is 16.6. The van der Waals surface area contributed by atoms with E-state index in [1.807, 2.05) is 24.3 Å². The smallest absolute Gasteiger partial charge is 0.341 e. The van der Waals surface area contributed by atoms with Crippen molar-refractivity contribution in [1.82, 2.24) is 19.3 Å². The highest BCUT2D eigenvalue weighted by Gasteiger charge is 2.25. The molecule has 2 aliphatic rings. The zero-order chi connectivity index (χ0) is 21.5. The summed E-state index contributed by atoms with van der Waals surface area (Å²) in [5.41, 5.74) is 1.79. The van der Waals surface area contributed by atoms with Crippen molar-refractivity contribution in [2.24, 2.45) is 0 Å². The lowest BCUT2D eigenvalue weighted by Gasteiger charge is -2.08. The van der Waals surface area contributed by atoms with Gasteiger partial charge in [0.1, 0.15) is 17.0 Å². The summed E-state index contributed by atoms with van der Waals surface area (Å²) in [6.07, 6.45) is 3.24. The lowest BCUT2D eigenvalue weighted by atomic mass is 10.1. The molecule has 1 aromatic heterocycles. The van der Waals surface area contributed by atoms with Gasteiger partial charge < -0.3 is 9.47 Å². The van der Waals surface area contributed by atoms with E-state index in [2.05, 4.69) is 10.1 Å². The van der Waals surface area contributed by atoms with E-state index in [1.165, 1.54) is 23.1 Å². The van der Waals surface area contributed by atoms with Crippen LogP contribution >= 0.6 is 11.3 Å². The van der Waals surface area contributed by atoms with Crippen LogP contribution < -0.4 is 10.3 Å². The van der Waals surface area contributed by atoms with E-state index in [-0.39, 0.29) is 22.4 Å². The molecule has 0 saturated carbocycles. The molecule has 31 heavy (non-hydrogen) atoms. The third-order valence-electron chi connectivity index (χ3n) is 4.90. The Balaban J connectivity index is 1.73. The van der Waals surface area contributed by atoms with Crippen LogP contribution in [-0.4, -0.2) is 39.5 Å². The summed E-state index contributed by atoms with van der Waals surface area (Å²) in [5.74, 6) is 0.0803. The number of aromatic nitrogens is 4. The second-order valence-corrected chi connectivity index (χ2v) is 7.72. The van der Waals surface area contributed by atoms with Crippen molar-refractivity contribution in [3.8, 4) is 27.8 Å². The van der Waals surface area contributed by atoms with Gasteiger partial charge in [0.2, 0.25) is 0 Å². The molecule has 0 atom stereocenters. The highest BCUT2D eigenvalue weighted by molar-refractivity contribution is 7.20. The summed E-state index contributed by atoms with van der Waals surface area (Å²) < 4.78 is 14.0. The summed E-state index contributed by atoms with van der Waals surface area (Å²) in [5, 5.41) is 5.05. The molecule has 2 aromatic carbocycles. The number of pyridine rings is 1. The predicted octanol–water partition coefficient (Wildman–Crippen LogP) is 3.53. The second-order valence-electron chi connectivity index (χ2n) is 6.71. The van der Waals surface area contributed by atoms with E-state index in [0.717, 1.165) is 10.2 Å². The molecule has 0 spiro atoms. The first-order valence-corrected chi connectivity index (χ1v) is 10.1. The number of thiazole rings is 1. The number of nitrogens with zero attached hydrogens (tertiary/aromatic N) is 4. The van der Waals surface area contributed by atoms with Gasteiger partial charge in [0.05, 0.1) is 35.7 Å². The SMILES string of the molecule is COC(=O)c1cn(-c2nc3ccccc3s2)cc2c(=O)n(-c3ccc(OC)cc3)nc1-2. The molecule has 0 N–H and O–H groups in total. The summed E-state index contributed by atoms with van der Waals surface area (Å²) in [4.78, 5) is 30.3. The first-order valence-electron chi connectivity index (χ1n) is 9.33. The van der Waals surface area contributed by atoms with Gasteiger partial charge in [-0.15, -0.1) is 0 Å². The van der Waals surface area contributed by atoms with Crippen molar-refractivity contribution in [3.63, 3.8) is 0 Å². The Morgan fingerprint density at radius 1 is 1.03 bits per heavy atom. The number of benzene rings is 2. The van der Waals surface area contributed by atoms with Gasteiger partial charge in [-0.3, -0.25) is 9.36 Å². The van der Waals surface area contributed by atoms with Gasteiger partial charge in [-0.25, -0.2) is 9.78 Å². The highest BCUT2D eigenvalue weighted by Crippen LogP contribution is 2.29. The van der Waals surface area contributed by atoms with Crippen LogP contribution in [0.4, 0.5) is 0 Å². The third-order valence-corrected chi connectivity index (χ3v) is 5.94. The third kappa shape index (κ3) is 3.15. The van der Waals surface area contributed by atoms with Crippen LogP contribution in [0.5, 0.6) is 5.75 Å². The van der Waals surface area contributed by atoms with Crippen LogP contribution in [0.1, 0.15) is 10.4 Å². The lowest BCUT2D eigenvalue weighted by Crippen LogP contribution is -2.15. The molecule has 0 radical (unpaired) electrons. The first-order chi connectivity index (χ1) is 15.1. The molecule has 5 rings (SSSR count). The van der Waals surface area contributed by atoms with E-state index in [0.29, 0.717) is 16.6 Å². The number of carbonyl (C=O) groups excluding carboxylic acids is 1. The van der Waals surface area contributed by atoms with Crippen LogP contribution in [0.3, 0.4) is 0 Å². The lowest BCUT2D eigenvalue weighted by molar-refractivity contribution is 0.0600. The molecular formula is C22H16N4O4S. The Kier molecular flexibility index (Phi) is 4.52. The van der Waals surface area contributed by atoms with Gasteiger partial charge >= 0.3 is 5.97 Å². The van der Waals surface area contributed by atoms with Crippen molar-refractivity contribution in [3.05, 3.63) is 76.8 Å². The van der Waals surface area contributed by atoms with Crippen molar-refractivity contribution in [2.45, 2.75) is 0 Å². The largest absolute Gasteiger partial charge is 0.497 e. The Labute approximate surface area is 180 Å². The molecule has 0 saturated heterocycles. The Morgan fingerprint density at radius 3 is 2.52 bits per heavy atom. The summed E-state index contributed by atoms with van der Waals surface area (Å²) in [7, 11) is 2.86. The predicted molar refractivity (Wildman–Crippen MR) is 117 cm³/mol. The second kappa shape index (κ2) is 7.37. The fraction of sp³-hybridized carbons (Fsp3) is 0.0909. The normalized spacial score (nSPS) is 11.2. The number of carbonyl (C=O) groups is 1. The molecule has 0 unspecified atom stereocenters. The number of fused-ring (bicyclic) bond motifs is 2. The van der Waals surface area contributed by atoms with Crippen LogP contribution in [0, 0.1) is 0 Å². The van der Waals surface area contributed by atoms with Gasteiger partial charge in [0.15, 0.2) is 5.13 Å². The van der Waals surface area contributed by atoms with E-state index < -0.39 is 5.97 Å². The number of rotatable bonds is 4. The van der Waals surface area contributed by atoms with Crippen LogP contribution in [-0.2, 0) is 4.74 Å². The molecule has 0 amide bonds. The molecule has 0 fully saturated rings. The van der Waals surface area contributed by atoms with Crippen LogP contribution in [0.25, 0.3) is 32.3 Å². The van der Waals surface area contributed by atoms with Gasteiger partial charge in [0.25, 0.3) is 5.56 Å². The molecule has 9 heteroatoms. The Morgan fingerprint density at radius 2 is 1.81 bits per heavy atom. The Hall–Kier alpha value is -3.98. The minimum absolute atomic E-state index is 0.184. The summed E-state index contributed by atoms with van der Waals surface area (Å²) in [6.45, 7) is 0. The zero-order valence-corrected chi connectivity index (χ0v) is 17.4. The molecular weight excluding hydrogens is 416 g/mol. The van der Waals surface area contributed by atoms with Gasteiger partial charge in [-0.2, -0.15) is 9.78 Å². The van der Waals surface area contributed by atoms with Gasteiger partial charge in [0, 0.05) is 12.4 Å². The maximum absolute atomic E-state index is 13.2. The van der Waals surface area contributed by atoms with Gasteiger partial charge in [-0.1, -0.05) is 23.5 Å². The maximum Gasteiger partial charge on any atom is 0.341 e. The molecule has 3 aromatic rings. The molecule has 3 heterocycles. The average Bonchev–Trinajstić information content (AvgIpc) is 3.39. The van der Waals surface area contributed by atoms with Crippen LogP contribution in [0.15, 0.2) is 65.7 Å². The minimum atomic E-state index is -0.583. The van der Waals surface area contributed by atoms with Crippen LogP contribution in [0.2, 0.25) is 0 Å². The average molecular weight is 432 g/mol. The van der Waals surface area contributed by atoms with Crippen molar-refractivity contribution >= 4 is 27.5 Å². The fourth-order valence-electron chi connectivity index (χ4n) is 3.35. The first kappa shape index (κ1) is 19.0. The molecule has 2 aliphatic heterocycles. The van der Waals surface area contributed by atoms with E-state index in [9.17, 15) is 9.59 Å². The number of methoxy groups -OCH3 is 2. The minimum Gasteiger partial charge on any atom is -0.497 e. The number of hydrogen-bond acceptors (Lipinski definition) is 7. The van der Waals surface area contributed by atoms with E-state index >= 15 is 0 Å². The number of para-hydroxylation sites is 1. The van der Waals surface area contributed by atoms with Crippen molar-refractivity contribution in [2.75, 3.05) is 14.2 Å². The topological polar surface area (TPSA) is 88.2 Å². The number of ether oxygens (including phenoxy) is 2. The number of hydrogen-bond donors (Lipinski definition) is 0. The molecule has 8 nitrogen and oxygen atoms in total.